The van der Waals surface area contributed by atoms with Crippen LogP contribution in [-0.2, 0) is 0 Å². The second-order valence-corrected chi connectivity index (χ2v) is 7.08. The largest absolute Gasteiger partial charge is 0.481 e. The van der Waals surface area contributed by atoms with Gasteiger partial charge in [0.2, 0.25) is 5.88 Å². The number of anilines is 1. The number of carbonyl (C=O) groups is 1. The lowest BCUT2D eigenvalue weighted by atomic mass is 9.97. The van der Waals surface area contributed by atoms with Crippen LogP contribution in [0.3, 0.4) is 0 Å². The van der Waals surface area contributed by atoms with E-state index in [0.717, 1.165) is 52.2 Å². The number of hydrogen-bond acceptors (Lipinski definition) is 5. The first-order valence-corrected chi connectivity index (χ1v) is 9.11. The molecule has 2 aliphatic rings. The number of likely N-dealkylation sites (tertiary alicyclic amines) is 1. The Kier molecular flexibility index (Phi) is 6.09. The van der Waals surface area contributed by atoms with Gasteiger partial charge in [-0.25, -0.2) is 9.78 Å². The third kappa shape index (κ3) is 5.06. The summed E-state index contributed by atoms with van der Waals surface area (Å²) in [5, 5.41) is 2.94. The lowest BCUT2D eigenvalue weighted by Gasteiger charge is -2.38. The topological polar surface area (TPSA) is 60.9 Å². The molecule has 2 aliphatic heterocycles. The van der Waals surface area contributed by atoms with Gasteiger partial charge < -0.3 is 24.8 Å². The Balaban J connectivity index is 1.49. The van der Waals surface area contributed by atoms with Crippen LogP contribution in [0.2, 0.25) is 0 Å². The molecule has 2 amide bonds. The van der Waals surface area contributed by atoms with Gasteiger partial charge in [-0.3, -0.25) is 0 Å². The number of carbonyl (C=O) groups excluding carboxylic acids is 1. The molecule has 3 rings (SSSR count). The molecule has 1 aromatic heterocycles. The summed E-state index contributed by atoms with van der Waals surface area (Å²) in [7, 11) is 3.76. The van der Waals surface area contributed by atoms with Crippen LogP contribution in [0.5, 0.6) is 5.88 Å². The van der Waals surface area contributed by atoms with Crippen LogP contribution >= 0.6 is 0 Å². The molecule has 0 spiro atoms. The number of aromatic nitrogens is 1. The Morgan fingerprint density at radius 2 is 2.08 bits per heavy atom. The summed E-state index contributed by atoms with van der Waals surface area (Å²) in [6.07, 6.45) is 3.91. The highest BCUT2D eigenvalue weighted by molar-refractivity contribution is 5.89. The van der Waals surface area contributed by atoms with Crippen LogP contribution in [0.25, 0.3) is 0 Å². The summed E-state index contributed by atoms with van der Waals surface area (Å²) in [4.78, 5) is 23.5. The van der Waals surface area contributed by atoms with Crippen LogP contribution in [0, 0.1) is 5.92 Å². The van der Waals surface area contributed by atoms with Crippen LogP contribution in [0.15, 0.2) is 18.3 Å². The number of piperidine rings is 1. The number of piperazine rings is 1. The monoisotopic (exact) mass is 347 g/mol. The van der Waals surface area contributed by atoms with Gasteiger partial charge in [-0.2, -0.15) is 0 Å². The van der Waals surface area contributed by atoms with Gasteiger partial charge in [0, 0.05) is 51.9 Å². The van der Waals surface area contributed by atoms with Crippen molar-refractivity contribution in [2.75, 3.05) is 65.3 Å². The average Bonchev–Trinajstić information content (AvgIpc) is 2.64. The number of likely N-dealkylation sites (N-methyl/N-ethyl adjacent to an activating group) is 1. The lowest BCUT2D eigenvalue weighted by molar-refractivity contribution is 0.109. The number of urea groups is 1. The van der Waals surface area contributed by atoms with Gasteiger partial charge in [0.1, 0.15) is 0 Å². The molecule has 25 heavy (non-hydrogen) atoms. The van der Waals surface area contributed by atoms with Crippen molar-refractivity contribution >= 4 is 11.7 Å². The molecule has 7 heteroatoms. The quantitative estimate of drug-likeness (QED) is 0.896. The molecule has 138 valence electrons. The van der Waals surface area contributed by atoms with E-state index in [4.69, 9.17) is 4.74 Å². The van der Waals surface area contributed by atoms with E-state index in [2.05, 4.69) is 27.1 Å². The summed E-state index contributed by atoms with van der Waals surface area (Å²) >= 11 is 0. The van der Waals surface area contributed by atoms with E-state index in [-0.39, 0.29) is 6.03 Å². The molecule has 7 nitrogen and oxygen atoms in total. The van der Waals surface area contributed by atoms with Gasteiger partial charge in [-0.05, 0) is 31.9 Å². The molecule has 1 atom stereocenters. The minimum atomic E-state index is -0.0324. The molecular weight excluding hydrogens is 318 g/mol. The van der Waals surface area contributed by atoms with Gasteiger partial charge in [-0.15, -0.1) is 0 Å². The van der Waals surface area contributed by atoms with E-state index in [1.807, 2.05) is 11.0 Å². The third-order valence-corrected chi connectivity index (χ3v) is 5.12. The fourth-order valence-corrected chi connectivity index (χ4v) is 3.57. The number of methoxy groups -OCH3 is 1. The average molecular weight is 347 g/mol. The molecule has 1 aromatic rings. The summed E-state index contributed by atoms with van der Waals surface area (Å²) in [5.41, 5.74) is 0.701. The Hall–Kier alpha value is -1.86. The number of pyridine rings is 1. The Morgan fingerprint density at radius 3 is 2.76 bits per heavy atom. The molecule has 1 N–H and O–H groups in total. The van der Waals surface area contributed by atoms with Crippen LogP contribution in [0.4, 0.5) is 10.5 Å². The van der Waals surface area contributed by atoms with E-state index in [1.165, 1.54) is 6.42 Å². The van der Waals surface area contributed by atoms with Crippen molar-refractivity contribution in [2.24, 2.45) is 5.92 Å². The fourth-order valence-electron chi connectivity index (χ4n) is 3.57. The third-order valence-electron chi connectivity index (χ3n) is 5.12. The van der Waals surface area contributed by atoms with Crippen molar-refractivity contribution in [1.82, 2.24) is 19.7 Å². The van der Waals surface area contributed by atoms with Crippen molar-refractivity contribution < 1.29 is 9.53 Å². The minimum absolute atomic E-state index is 0.0324. The number of hydrogen-bond donors (Lipinski definition) is 1. The van der Waals surface area contributed by atoms with Gasteiger partial charge in [-0.1, -0.05) is 0 Å². The maximum atomic E-state index is 12.5. The van der Waals surface area contributed by atoms with Gasteiger partial charge in [0.15, 0.2) is 0 Å². The van der Waals surface area contributed by atoms with Gasteiger partial charge in [0.05, 0.1) is 19.0 Å². The molecule has 0 unspecified atom stereocenters. The van der Waals surface area contributed by atoms with Crippen molar-refractivity contribution in [2.45, 2.75) is 12.8 Å². The zero-order valence-electron chi connectivity index (χ0n) is 15.3. The summed E-state index contributed by atoms with van der Waals surface area (Å²) < 4.78 is 5.04. The minimum Gasteiger partial charge on any atom is -0.481 e. The first kappa shape index (κ1) is 17.9. The Labute approximate surface area is 149 Å². The summed E-state index contributed by atoms with van der Waals surface area (Å²) in [5.74, 6) is 1.11. The summed E-state index contributed by atoms with van der Waals surface area (Å²) in [6.45, 7) is 7.31. The number of rotatable bonds is 4. The van der Waals surface area contributed by atoms with Gasteiger partial charge in [0.25, 0.3) is 0 Å². The van der Waals surface area contributed by atoms with E-state index in [9.17, 15) is 4.79 Å². The van der Waals surface area contributed by atoms with Crippen molar-refractivity contribution in [3.05, 3.63) is 18.3 Å². The number of nitrogens with zero attached hydrogens (tertiary/aromatic N) is 4. The van der Waals surface area contributed by atoms with E-state index in [1.54, 1.807) is 19.4 Å². The van der Waals surface area contributed by atoms with E-state index >= 15 is 0 Å². The second kappa shape index (κ2) is 8.49. The predicted octanol–water partition coefficient (Wildman–Crippen LogP) is 1.58. The predicted molar refractivity (Wildman–Crippen MR) is 98.0 cm³/mol. The Morgan fingerprint density at radius 1 is 1.28 bits per heavy atom. The Bertz CT molecular complexity index is 557. The molecule has 2 saturated heterocycles. The highest BCUT2D eigenvalue weighted by Crippen LogP contribution is 2.20. The van der Waals surface area contributed by atoms with E-state index < -0.39 is 0 Å². The molecule has 3 heterocycles. The lowest BCUT2D eigenvalue weighted by Crippen LogP contribution is -2.49. The molecular formula is C18H29N5O2. The highest BCUT2D eigenvalue weighted by Gasteiger charge is 2.26. The molecule has 0 aromatic carbocycles. The first-order valence-electron chi connectivity index (χ1n) is 9.11. The first-order chi connectivity index (χ1) is 12.1. The fraction of sp³-hybridized carbons (Fsp3) is 0.667. The van der Waals surface area contributed by atoms with Crippen LogP contribution in [-0.4, -0.2) is 85.7 Å². The van der Waals surface area contributed by atoms with Crippen molar-refractivity contribution in [3.8, 4) is 5.88 Å². The SMILES string of the molecule is COc1ccc(NC(=O)N2CCC[C@@H](CN3CCN(C)CC3)C2)cn1. The summed E-state index contributed by atoms with van der Waals surface area (Å²) in [6, 6.07) is 3.53. The molecule has 0 bridgehead atoms. The number of amides is 2. The van der Waals surface area contributed by atoms with Crippen molar-refractivity contribution in [3.63, 3.8) is 0 Å². The zero-order valence-corrected chi connectivity index (χ0v) is 15.3. The van der Waals surface area contributed by atoms with Crippen LogP contribution < -0.4 is 10.1 Å². The van der Waals surface area contributed by atoms with Gasteiger partial charge >= 0.3 is 6.03 Å². The molecule has 0 saturated carbocycles. The number of nitrogens with one attached hydrogen (secondary N) is 1. The molecule has 2 fully saturated rings. The highest BCUT2D eigenvalue weighted by atomic mass is 16.5. The normalized spacial score (nSPS) is 22.6. The smallest absolute Gasteiger partial charge is 0.321 e. The second-order valence-electron chi connectivity index (χ2n) is 7.08. The number of ether oxygens (including phenoxy) is 1. The molecule has 0 aliphatic carbocycles. The van der Waals surface area contributed by atoms with E-state index in [0.29, 0.717) is 17.5 Å². The van der Waals surface area contributed by atoms with Crippen molar-refractivity contribution in [1.29, 1.82) is 0 Å². The maximum Gasteiger partial charge on any atom is 0.321 e. The standard InChI is InChI=1S/C18H29N5O2/c1-21-8-10-22(11-9-21)13-15-4-3-7-23(14-15)18(24)20-16-5-6-17(25-2)19-12-16/h5-6,12,15H,3-4,7-11,13-14H2,1-2H3,(H,20,24)/t15-/m0/s1. The van der Waals surface area contributed by atoms with Crippen LogP contribution in [0.1, 0.15) is 12.8 Å². The molecule has 0 radical (unpaired) electrons. The maximum absolute atomic E-state index is 12.5. The zero-order chi connectivity index (χ0) is 17.6.